The smallest absolute Gasteiger partial charge is 0.458 e. The molecule has 0 amide bonds. The molecule has 0 heterocycles. The lowest BCUT2D eigenvalue weighted by Gasteiger charge is -2.24. The number of rotatable bonds is 27. The Morgan fingerprint density at radius 1 is 0.721 bits per heavy atom. The molecule has 0 aliphatic heterocycles. The number of likely N-dealkylation sites (N-methyl/N-ethyl adjacent to an activating group) is 1. The molecule has 0 aromatic carbocycles. The van der Waals surface area contributed by atoms with Gasteiger partial charge in [0.1, 0.15) is 19.3 Å². The van der Waals surface area contributed by atoms with Crippen LogP contribution < -0.4 is 0 Å². The van der Waals surface area contributed by atoms with Gasteiger partial charge in [-0.15, -0.1) is 0 Å². The highest BCUT2D eigenvalue weighted by Gasteiger charge is 2.25. The summed E-state index contributed by atoms with van der Waals surface area (Å²) in [5.74, 6) is -0.507. The Hall–Kier alpha value is -2.06. The summed E-state index contributed by atoms with van der Waals surface area (Å²) in [5.41, 5.74) is 0. The lowest BCUT2D eigenvalue weighted by molar-refractivity contribution is -0.870. The van der Waals surface area contributed by atoms with Crippen molar-refractivity contribution < 1.29 is 37.3 Å². The lowest BCUT2D eigenvalue weighted by atomic mass is 10.2. The molecule has 0 saturated carbocycles. The van der Waals surface area contributed by atoms with Crippen molar-refractivity contribution in [1.82, 2.24) is 0 Å². The number of carbonyl (C=O) groups is 1. The minimum Gasteiger partial charge on any atom is -0.458 e. The van der Waals surface area contributed by atoms with Gasteiger partial charge in [-0.25, -0.2) is 4.57 Å². The van der Waals surface area contributed by atoms with Crippen LogP contribution in [0.15, 0.2) is 72.9 Å². The number of hydrogen-bond donors (Lipinski definition) is 1. The molecule has 0 aromatic rings. The van der Waals surface area contributed by atoms with Gasteiger partial charge in [0.2, 0.25) is 0 Å². The number of quaternary nitrogens is 1. The van der Waals surface area contributed by atoms with Gasteiger partial charge < -0.3 is 18.9 Å². The number of esters is 1. The minimum atomic E-state index is -4.24. The van der Waals surface area contributed by atoms with Gasteiger partial charge in [-0.05, 0) is 57.8 Å². The molecule has 0 spiro atoms. The highest BCUT2D eigenvalue weighted by atomic mass is 31.2. The average Bonchev–Trinajstić information content (AvgIpc) is 2.93. The molecule has 0 aliphatic carbocycles. The number of unbranched alkanes of at least 4 members (excludes halogenated alkanes) is 3. The Morgan fingerprint density at radius 3 is 1.72 bits per heavy atom. The van der Waals surface area contributed by atoms with Crippen LogP contribution in [0.5, 0.6) is 0 Å². The Balaban J connectivity index is 3.87. The van der Waals surface area contributed by atoms with Gasteiger partial charge in [0.15, 0.2) is 0 Å². The van der Waals surface area contributed by atoms with Gasteiger partial charge in [0.05, 0.1) is 34.4 Å². The summed E-state index contributed by atoms with van der Waals surface area (Å²) in [5, 5.41) is 0. The van der Waals surface area contributed by atoms with Crippen LogP contribution in [0.3, 0.4) is 0 Å². The van der Waals surface area contributed by atoms with E-state index in [0.717, 1.165) is 64.2 Å². The van der Waals surface area contributed by atoms with Crippen molar-refractivity contribution in [3.8, 4) is 0 Å². The Bertz CT molecular complexity index is 916. The fraction of sp³-hybridized carbons (Fsp3) is 0.618. The molecule has 246 valence electrons. The van der Waals surface area contributed by atoms with Crippen LogP contribution in [-0.2, 0) is 27.9 Å². The topological polar surface area (TPSA) is 91.3 Å². The van der Waals surface area contributed by atoms with Gasteiger partial charge in [0, 0.05) is 13.5 Å². The molecule has 9 heteroatoms. The first kappa shape index (κ1) is 40.9. The molecule has 2 unspecified atom stereocenters. The van der Waals surface area contributed by atoms with Crippen LogP contribution in [0, 0.1) is 0 Å². The zero-order valence-electron chi connectivity index (χ0n) is 27.4. The molecular weight excluding hydrogens is 565 g/mol. The summed E-state index contributed by atoms with van der Waals surface area (Å²) in [7, 11) is 1.62. The van der Waals surface area contributed by atoms with E-state index in [-0.39, 0.29) is 19.8 Å². The highest BCUT2D eigenvalue weighted by molar-refractivity contribution is 7.47. The molecule has 0 radical (unpaired) electrons. The molecule has 0 fully saturated rings. The first-order chi connectivity index (χ1) is 20.6. The van der Waals surface area contributed by atoms with Crippen molar-refractivity contribution >= 4 is 13.8 Å². The SMILES string of the molecule is CC/C=C\C/C=C\C/C=C\C/C=C\C/C=C\C/C=C\CCCCCOCC(COP(=O)(O)OCC[N+](C)(C)C)OC(C)=O. The second kappa shape index (κ2) is 27.5. The van der Waals surface area contributed by atoms with Gasteiger partial charge in [-0.1, -0.05) is 86.3 Å². The van der Waals surface area contributed by atoms with E-state index in [4.69, 9.17) is 18.5 Å². The monoisotopic (exact) mass is 624 g/mol. The molecule has 2 atom stereocenters. The fourth-order valence-electron chi connectivity index (χ4n) is 3.49. The van der Waals surface area contributed by atoms with Crippen LogP contribution in [0.1, 0.15) is 78.1 Å². The van der Waals surface area contributed by atoms with Crippen molar-refractivity contribution in [3.63, 3.8) is 0 Å². The van der Waals surface area contributed by atoms with Crippen LogP contribution >= 0.6 is 7.82 Å². The number of allylic oxidation sites excluding steroid dienone is 12. The molecular formula is C34H59NO7P+. The zero-order chi connectivity index (χ0) is 32.1. The number of nitrogens with zero attached hydrogens (tertiary/aromatic N) is 1. The third-order valence-corrected chi connectivity index (χ3v) is 6.82. The fourth-order valence-corrected chi connectivity index (χ4v) is 4.23. The van der Waals surface area contributed by atoms with Crippen LogP contribution in [0.25, 0.3) is 0 Å². The van der Waals surface area contributed by atoms with Crippen molar-refractivity contribution in [1.29, 1.82) is 0 Å². The number of phosphoric ester groups is 1. The standard InChI is InChI=1S/C34H58NO7P/c1-6-7-8-9-10-11-12-13-14-15-16-17-18-19-20-21-22-23-24-25-26-27-29-39-31-34(42-33(2)36)32-41-43(37,38)40-30-28-35(3,4)5/h7-8,10-11,13-14,16-17,19-20,22-23,34H,6,9,12,15,18,21,24-32H2,1-5H3/p+1/b8-7-,11-10-,14-13-,17-16-,20-19-,23-22-. The Kier molecular flexibility index (Phi) is 26.2. The van der Waals surface area contributed by atoms with E-state index < -0.39 is 19.9 Å². The van der Waals surface area contributed by atoms with E-state index in [2.05, 4.69) is 79.8 Å². The minimum absolute atomic E-state index is 0.0740. The van der Waals surface area contributed by atoms with Crippen molar-refractivity contribution in [3.05, 3.63) is 72.9 Å². The Labute approximate surface area is 262 Å². The van der Waals surface area contributed by atoms with E-state index in [1.807, 2.05) is 21.1 Å². The predicted octanol–water partition coefficient (Wildman–Crippen LogP) is 8.03. The summed E-state index contributed by atoms with van der Waals surface area (Å²) in [6, 6.07) is 0. The molecule has 0 saturated heterocycles. The first-order valence-corrected chi connectivity index (χ1v) is 17.1. The molecule has 0 bridgehead atoms. The molecule has 43 heavy (non-hydrogen) atoms. The van der Waals surface area contributed by atoms with E-state index in [1.165, 1.54) is 6.92 Å². The van der Waals surface area contributed by atoms with Gasteiger partial charge in [-0.2, -0.15) is 0 Å². The average molecular weight is 625 g/mol. The maximum Gasteiger partial charge on any atom is 0.472 e. The van der Waals surface area contributed by atoms with Crippen LogP contribution in [0.4, 0.5) is 0 Å². The quantitative estimate of drug-likeness (QED) is 0.0325. The van der Waals surface area contributed by atoms with Crippen LogP contribution in [0.2, 0.25) is 0 Å². The number of carbonyl (C=O) groups excluding carboxylic acids is 1. The largest absolute Gasteiger partial charge is 0.472 e. The van der Waals surface area contributed by atoms with E-state index in [9.17, 15) is 14.3 Å². The van der Waals surface area contributed by atoms with E-state index in [0.29, 0.717) is 17.6 Å². The van der Waals surface area contributed by atoms with Gasteiger partial charge >= 0.3 is 13.8 Å². The van der Waals surface area contributed by atoms with Crippen molar-refractivity contribution in [2.45, 2.75) is 84.2 Å². The second-order valence-electron chi connectivity index (χ2n) is 11.2. The molecule has 0 rings (SSSR count). The maximum absolute atomic E-state index is 12.1. The molecule has 8 nitrogen and oxygen atoms in total. The predicted molar refractivity (Wildman–Crippen MR) is 178 cm³/mol. The summed E-state index contributed by atoms with van der Waals surface area (Å²) < 4.78 is 33.4. The van der Waals surface area contributed by atoms with Gasteiger partial charge in [0.25, 0.3) is 0 Å². The maximum atomic E-state index is 12.1. The summed E-state index contributed by atoms with van der Waals surface area (Å²) in [6.45, 7) is 4.37. The lowest BCUT2D eigenvalue weighted by Crippen LogP contribution is -2.37. The first-order valence-electron chi connectivity index (χ1n) is 15.6. The number of ether oxygens (including phenoxy) is 2. The highest BCUT2D eigenvalue weighted by Crippen LogP contribution is 2.43. The summed E-state index contributed by atoms with van der Waals surface area (Å²) in [6.07, 6.45) is 35.6. The molecule has 0 aliphatic rings. The van der Waals surface area contributed by atoms with Crippen molar-refractivity contribution in [2.75, 3.05) is 54.1 Å². The number of phosphoric acid groups is 1. The van der Waals surface area contributed by atoms with E-state index in [1.54, 1.807) is 0 Å². The summed E-state index contributed by atoms with van der Waals surface area (Å²) >= 11 is 0. The van der Waals surface area contributed by atoms with E-state index >= 15 is 0 Å². The zero-order valence-corrected chi connectivity index (χ0v) is 28.3. The van der Waals surface area contributed by atoms with Gasteiger partial charge in [-0.3, -0.25) is 13.8 Å². The van der Waals surface area contributed by atoms with Crippen LogP contribution in [-0.4, -0.2) is 75.6 Å². The Morgan fingerprint density at radius 2 is 1.23 bits per heavy atom. The van der Waals surface area contributed by atoms with Crippen molar-refractivity contribution in [2.24, 2.45) is 0 Å². The molecule has 0 aromatic heterocycles. The second-order valence-corrected chi connectivity index (χ2v) is 12.6. The summed E-state index contributed by atoms with van der Waals surface area (Å²) in [4.78, 5) is 21.2. The number of hydrogen-bond acceptors (Lipinski definition) is 6. The third-order valence-electron chi connectivity index (χ3n) is 5.83. The third kappa shape index (κ3) is 32.7. The molecule has 1 N–H and O–H groups in total. The normalized spacial score (nSPS) is 15.2.